The fourth-order valence-corrected chi connectivity index (χ4v) is 3.80. The first kappa shape index (κ1) is 22.3. The molecule has 0 aromatic rings. The van der Waals surface area contributed by atoms with Crippen LogP contribution in [0.1, 0.15) is 41.0 Å². The second-order valence-corrected chi connectivity index (χ2v) is 12.8. The summed E-state index contributed by atoms with van der Waals surface area (Å²) in [5, 5.41) is 0.0861. The zero-order valence-electron chi connectivity index (χ0n) is 17.0. The van der Waals surface area contributed by atoms with Gasteiger partial charge in [-0.1, -0.05) is 26.8 Å². The van der Waals surface area contributed by atoms with E-state index in [-0.39, 0.29) is 41.8 Å². The molecule has 6 heteroatoms. The van der Waals surface area contributed by atoms with E-state index in [2.05, 4.69) is 40.4 Å². The minimum Gasteiger partial charge on any atom is -0.466 e. The topological polar surface area (TPSA) is 54.0 Å². The molecule has 25 heavy (non-hydrogen) atoms. The SMILES string of the molecule is C=C[C@@H](O[Si](C)(C)C(C)(C)C)[C@H](OCOCC)[C@@H]1C[C@H]1C(=O)OCC. The van der Waals surface area contributed by atoms with Gasteiger partial charge in [-0.2, -0.15) is 0 Å². The molecule has 0 heterocycles. The lowest BCUT2D eigenvalue weighted by molar-refractivity contribution is -0.148. The van der Waals surface area contributed by atoms with Crippen LogP contribution in [0.25, 0.3) is 0 Å². The lowest BCUT2D eigenvalue weighted by Crippen LogP contribution is -2.47. The van der Waals surface area contributed by atoms with Gasteiger partial charge in [-0.15, -0.1) is 6.58 Å². The van der Waals surface area contributed by atoms with Gasteiger partial charge in [0, 0.05) is 12.5 Å². The summed E-state index contributed by atoms with van der Waals surface area (Å²) in [5.74, 6) is -0.169. The molecule has 0 saturated heterocycles. The molecular formula is C19H36O5Si. The number of esters is 1. The van der Waals surface area contributed by atoms with Crippen molar-refractivity contribution in [3.05, 3.63) is 12.7 Å². The van der Waals surface area contributed by atoms with Crippen LogP contribution in [0.3, 0.4) is 0 Å². The number of rotatable bonds is 11. The monoisotopic (exact) mass is 372 g/mol. The van der Waals surface area contributed by atoms with Crippen molar-refractivity contribution in [1.82, 2.24) is 0 Å². The van der Waals surface area contributed by atoms with Gasteiger partial charge in [-0.05, 0) is 38.4 Å². The Kier molecular flexibility index (Phi) is 8.32. The zero-order valence-corrected chi connectivity index (χ0v) is 18.0. The summed E-state index contributed by atoms with van der Waals surface area (Å²) < 4.78 is 23.0. The molecule has 1 aliphatic carbocycles. The molecule has 0 unspecified atom stereocenters. The molecule has 4 atom stereocenters. The lowest BCUT2D eigenvalue weighted by atomic mass is 10.1. The third kappa shape index (κ3) is 6.20. The van der Waals surface area contributed by atoms with Gasteiger partial charge in [0.05, 0.1) is 24.7 Å². The second kappa shape index (κ2) is 9.30. The standard InChI is InChI=1S/C19H36O5Si/c1-9-16(24-25(7,8)19(4,5)6)17(23-13-21-10-2)14-12-15(14)18(20)22-11-3/h9,14-17H,1,10-13H2,2-8H3/t14-,15-,16-,17-/m1/s1. The summed E-state index contributed by atoms with van der Waals surface area (Å²) in [6, 6.07) is 0. The Bertz CT molecular complexity index is 444. The van der Waals surface area contributed by atoms with Crippen LogP contribution in [-0.2, 0) is 23.4 Å². The number of hydrogen-bond acceptors (Lipinski definition) is 5. The Morgan fingerprint density at radius 3 is 2.40 bits per heavy atom. The molecule has 146 valence electrons. The smallest absolute Gasteiger partial charge is 0.309 e. The van der Waals surface area contributed by atoms with Gasteiger partial charge in [0.15, 0.2) is 8.32 Å². The Morgan fingerprint density at radius 1 is 1.28 bits per heavy atom. The Morgan fingerprint density at radius 2 is 1.92 bits per heavy atom. The van der Waals surface area contributed by atoms with Crippen molar-refractivity contribution < 1.29 is 23.4 Å². The molecule has 1 aliphatic rings. The van der Waals surface area contributed by atoms with Gasteiger partial charge in [0.2, 0.25) is 0 Å². The van der Waals surface area contributed by atoms with E-state index in [0.717, 1.165) is 6.42 Å². The van der Waals surface area contributed by atoms with Gasteiger partial charge in [-0.3, -0.25) is 4.79 Å². The molecule has 0 amide bonds. The van der Waals surface area contributed by atoms with Gasteiger partial charge in [0.1, 0.15) is 6.79 Å². The van der Waals surface area contributed by atoms with Crippen LogP contribution in [0.4, 0.5) is 0 Å². The zero-order chi connectivity index (χ0) is 19.3. The van der Waals surface area contributed by atoms with Crippen LogP contribution in [0.5, 0.6) is 0 Å². The molecule has 0 spiro atoms. The Hall–Kier alpha value is -0.693. The largest absolute Gasteiger partial charge is 0.466 e. The number of carbonyl (C=O) groups is 1. The lowest BCUT2D eigenvalue weighted by Gasteiger charge is -2.40. The van der Waals surface area contributed by atoms with Crippen molar-refractivity contribution in [1.29, 1.82) is 0 Å². The molecule has 0 N–H and O–H groups in total. The summed E-state index contributed by atoms with van der Waals surface area (Å²) >= 11 is 0. The average Bonchev–Trinajstić information content (AvgIpc) is 3.29. The molecule has 0 aliphatic heterocycles. The summed E-state index contributed by atoms with van der Waals surface area (Å²) in [6.45, 7) is 19.9. The van der Waals surface area contributed by atoms with Crippen molar-refractivity contribution in [3.8, 4) is 0 Å². The fraction of sp³-hybridized carbons (Fsp3) is 0.842. The minimum atomic E-state index is -1.99. The Balaban J connectivity index is 2.86. The maximum atomic E-state index is 12.0. The van der Waals surface area contributed by atoms with E-state index in [1.54, 1.807) is 6.08 Å². The highest BCUT2D eigenvalue weighted by Gasteiger charge is 2.52. The molecule has 0 aromatic carbocycles. The van der Waals surface area contributed by atoms with Gasteiger partial charge in [-0.25, -0.2) is 0 Å². The first-order valence-corrected chi connectivity index (χ1v) is 12.2. The first-order valence-electron chi connectivity index (χ1n) is 9.25. The van der Waals surface area contributed by atoms with E-state index in [1.165, 1.54) is 0 Å². The van der Waals surface area contributed by atoms with E-state index in [0.29, 0.717) is 13.2 Å². The first-order chi connectivity index (χ1) is 11.6. The Labute approximate surface area is 154 Å². The van der Waals surface area contributed by atoms with Crippen LogP contribution < -0.4 is 0 Å². The maximum absolute atomic E-state index is 12.0. The summed E-state index contributed by atoms with van der Waals surface area (Å²) in [7, 11) is -1.99. The average molecular weight is 373 g/mol. The van der Waals surface area contributed by atoms with Crippen molar-refractivity contribution in [3.63, 3.8) is 0 Å². The third-order valence-corrected chi connectivity index (χ3v) is 9.67. The molecule has 1 rings (SSSR count). The molecule has 0 aromatic heterocycles. The van der Waals surface area contributed by atoms with Crippen molar-refractivity contribution in [2.24, 2.45) is 11.8 Å². The van der Waals surface area contributed by atoms with Crippen molar-refractivity contribution in [2.45, 2.75) is 71.4 Å². The predicted octanol–water partition coefficient (Wildman–Crippen LogP) is 4.14. The summed E-state index contributed by atoms with van der Waals surface area (Å²) in [6.07, 6.45) is 2.07. The maximum Gasteiger partial charge on any atom is 0.309 e. The number of hydrogen-bond donors (Lipinski definition) is 0. The van der Waals surface area contributed by atoms with Crippen LogP contribution in [-0.4, -0.2) is 46.5 Å². The molecule has 1 fully saturated rings. The minimum absolute atomic E-state index is 0.0861. The summed E-state index contributed by atoms with van der Waals surface area (Å²) in [4.78, 5) is 12.0. The highest BCUT2D eigenvalue weighted by molar-refractivity contribution is 6.74. The van der Waals surface area contributed by atoms with Crippen LogP contribution in [0.2, 0.25) is 18.1 Å². The highest BCUT2D eigenvalue weighted by Crippen LogP contribution is 2.46. The molecular weight excluding hydrogens is 336 g/mol. The van der Waals surface area contributed by atoms with Crippen molar-refractivity contribution >= 4 is 14.3 Å². The molecule has 1 saturated carbocycles. The van der Waals surface area contributed by atoms with E-state index >= 15 is 0 Å². The van der Waals surface area contributed by atoms with Crippen molar-refractivity contribution in [2.75, 3.05) is 20.0 Å². The van der Waals surface area contributed by atoms with Gasteiger partial charge in [0.25, 0.3) is 0 Å². The number of carbonyl (C=O) groups excluding carboxylic acids is 1. The van der Waals surface area contributed by atoms with E-state index < -0.39 is 8.32 Å². The van der Waals surface area contributed by atoms with Crippen LogP contribution in [0, 0.1) is 11.8 Å². The van der Waals surface area contributed by atoms with E-state index in [4.69, 9.17) is 18.6 Å². The van der Waals surface area contributed by atoms with E-state index in [1.807, 2.05) is 13.8 Å². The quantitative estimate of drug-likeness (QED) is 0.179. The van der Waals surface area contributed by atoms with Crippen LogP contribution >= 0.6 is 0 Å². The fourth-order valence-electron chi connectivity index (χ4n) is 2.54. The highest BCUT2D eigenvalue weighted by atomic mass is 28.4. The predicted molar refractivity (Wildman–Crippen MR) is 102 cm³/mol. The van der Waals surface area contributed by atoms with Crippen LogP contribution in [0.15, 0.2) is 12.7 Å². The molecule has 0 bridgehead atoms. The number of ether oxygens (including phenoxy) is 3. The van der Waals surface area contributed by atoms with Gasteiger partial charge >= 0.3 is 5.97 Å². The second-order valence-electron chi connectivity index (χ2n) is 8.08. The van der Waals surface area contributed by atoms with Gasteiger partial charge < -0.3 is 18.6 Å². The normalized spacial score (nSPS) is 23.0. The molecule has 0 radical (unpaired) electrons. The summed E-state index contributed by atoms with van der Waals surface area (Å²) in [5.41, 5.74) is 0. The molecule has 5 nitrogen and oxygen atoms in total. The third-order valence-electron chi connectivity index (χ3n) is 5.19. The van der Waals surface area contributed by atoms with E-state index in [9.17, 15) is 4.79 Å².